The summed E-state index contributed by atoms with van der Waals surface area (Å²) < 4.78 is 25.3. The maximum absolute atomic E-state index is 13.8. The van der Waals surface area contributed by atoms with Crippen LogP contribution in [0.3, 0.4) is 0 Å². The SMILES string of the molecule is CCCCCCC.CC[C@H]1O[C@]2(CC[C@@H]1C)C[C@@H]1C[C@@H](C/C=C(\C)C[C@@H](C)/C=C/C=C3\CO[C@@H]4C(=O)C(C)=C[C@@H](C(=O)O1)[C@]34O)O2. The van der Waals surface area contributed by atoms with Gasteiger partial charge in [0.05, 0.1) is 18.8 Å². The van der Waals surface area contributed by atoms with E-state index in [1.807, 2.05) is 6.08 Å². The first-order valence-electron chi connectivity index (χ1n) is 18.1. The Labute approximate surface area is 277 Å². The monoisotopic (exact) mass is 640 g/mol. The number of aliphatic hydroxyl groups is 1. The molecule has 4 aliphatic heterocycles. The molecule has 0 aromatic heterocycles. The van der Waals surface area contributed by atoms with Crippen molar-refractivity contribution in [3.8, 4) is 0 Å². The summed E-state index contributed by atoms with van der Waals surface area (Å²) in [7, 11) is 0. The molecule has 5 aliphatic rings. The van der Waals surface area contributed by atoms with Crippen LogP contribution in [0.25, 0.3) is 0 Å². The van der Waals surface area contributed by atoms with Gasteiger partial charge in [0, 0.05) is 19.3 Å². The van der Waals surface area contributed by atoms with Crippen LogP contribution >= 0.6 is 0 Å². The van der Waals surface area contributed by atoms with Gasteiger partial charge < -0.3 is 24.1 Å². The molecule has 0 saturated carbocycles. The highest BCUT2D eigenvalue weighted by atomic mass is 16.7. The summed E-state index contributed by atoms with van der Waals surface area (Å²) in [5, 5.41) is 12.0. The van der Waals surface area contributed by atoms with E-state index in [1.165, 1.54) is 37.7 Å². The van der Waals surface area contributed by atoms with Crippen LogP contribution in [0.4, 0.5) is 0 Å². The average Bonchev–Trinajstić information content (AvgIpc) is 3.36. The van der Waals surface area contributed by atoms with Crippen LogP contribution in [0.1, 0.15) is 126 Å². The van der Waals surface area contributed by atoms with Crippen molar-refractivity contribution in [2.24, 2.45) is 17.8 Å². The number of carbonyl (C=O) groups is 2. The van der Waals surface area contributed by atoms with Crippen LogP contribution in [-0.4, -0.2) is 59.3 Å². The van der Waals surface area contributed by atoms with Gasteiger partial charge in [-0.2, -0.15) is 0 Å². The lowest BCUT2D eigenvalue weighted by atomic mass is 9.71. The Kier molecular flexibility index (Phi) is 13.1. The number of ketones is 1. The van der Waals surface area contributed by atoms with Crippen molar-refractivity contribution in [2.75, 3.05) is 6.61 Å². The molecular weight excluding hydrogens is 580 g/mol. The van der Waals surface area contributed by atoms with E-state index in [-0.39, 0.29) is 30.5 Å². The summed E-state index contributed by atoms with van der Waals surface area (Å²) in [4.78, 5) is 26.8. The van der Waals surface area contributed by atoms with E-state index in [4.69, 9.17) is 18.9 Å². The number of esters is 1. The lowest BCUT2D eigenvalue weighted by molar-refractivity contribution is -0.335. The van der Waals surface area contributed by atoms with Gasteiger partial charge in [-0.15, -0.1) is 0 Å². The van der Waals surface area contributed by atoms with Gasteiger partial charge in [-0.05, 0) is 62.5 Å². The molecular formula is C39H60O7. The molecule has 9 atom stereocenters. The van der Waals surface area contributed by atoms with Gasteiger partial charge >= 0.3 is 5.97 Å². The first-order chi connectivity index (χ1) is 22.0. The second kappa shape index (κ2) is 16.4. The van der Waals surface area contributed by atoms with Crippen molar-refractivity contribution in [2.45, 2.75) is 161 Å². The molecule has 3 fully saturated rings. The fourth-order valence-corrected chi connectivity index (χ4v) is 7.75. The Morgan fingerprint density at radius 1 is 1.00 bits per heavy atom. The molecule has 0 amide bonds. The Balaban J connectivity index is 0.000000617. The minimum Gasteiger partial charge on any atom is -0.462 e. The van der Waals surface area contributed by atoms with Gasteiger partial charge in [0.2, 0.25) is 0 Å². The second-order valence-corrected chi connectivity index (χ2v) is 14.5. The molecule has 5 rings (SSSR count). The van der Waals surface area contributed by atoms with Gasteiger partial charge in [-0.3, -0.25) is 9.59 Å². The number of fused-ring (bicyclic) bond motifs is 2. The average molecular weight is 641 g/mol. The van der Waals surface area contributed by atoms with Crippen molar-refractivity contribution >= 4 is 11.8 Å². The zero-order valence-electron chi connectivity index (χ0n) is 29.5. The number of allylic oxidation sites excluding steroid dienone is 4. The molecule has 0 aromatic rings. The Morgan fingerprint density at radius 2 is 1.74 bits per heavy atom. The van der Waals surface area contributed by atoms with Crippen molar-refractivity contribution in [1.29, 1.82) is 0 Å². The molecule has 0 aromatic carbocycles. The summed E-state index contributed by atoms with van der Waals surface area (Å²) in [5.74, 6) is -1.95. The highest BCUT2D eigenvalue weighted by Crippen LogP contribution is 2.46. The van der Waals surface area contributed by atoms with Gasteiger partial charge in [-0.25, -0.2) is 0 Å². The molecule has 1 spiro atoms. The smallest absolute Gasteiger partial charge is 0.316 e. The Morgan fingerprint density at radius 3 is 2.43 bits per heavy atom. The summed E-state index contributed by atoms with van der Waals surface area (Å²) >= 11 is 0. The lowest BCUT2D eigenvalue weighted by Gasteiger charge is -2.49. The number of Topliss-reactive ketones (excluding diaryl/α,β-unsaturated/α-hetero) is 1. The van der Waals surface area contributed by atoms with Crippen molar-refractivity contribution < 1.29 is 33.6 Å². The third-order valence-electron chi connectivity index (χ3n) is 10.5. The molecule has 7 heteroatoms. The van der Waals surface area contributed by atoms with Crippen LogP contribution in [0.2, 0.25) is 0 Å². The fraction of sp³-hybridized carbons (Fsp3) is 0.744. The van der Waals surface area contributed by atoms with Crippen molar-refractivity contribution in [3.63, 3.8) is 0 Å². The van der Waals surface area contributed by atoms with Gasteiger partial charge in [0.25, 0.3) is 0 Å². The Bertz CT molecular complexity index is 1180. The van der Waals surface area contributed by atoms with Crippen LogP contribution in [-0.2, 0) is 28.5 Å². The van der Waals surface area contributed by atoms with E-state index in [9.17, 15) is 14.7 Å². The molecule has 258 valence electrons. The molecule has 0 unspecified atom stereocenters. The molecule has 1 N–H and O–H groups in total. The number of ether oxygens (including phenoxy) is 4. The second-order valence-electron chi connectivity index (χ2n) is 14.5. The summed E-state index contributed by atoms with van der Waals surface area (Å²) in [6.45, 7) is 14.9. The number of hydrogen-bond acceptors (Lipinski definition) is 7. The molecule has 2 bridgehead atoms. The van der Waals surface area contributed by atoms with Crippen molar-refractivity contribution in [1.82, 2.24) is 0 Å². The zero-order valence-corrected chi connectivity index (χ0v) is 29.5. The highest BCUT2D eigenvalue weighted by molar-refractivity contribution is 6.03. The predicted octanol–water partition coefficient (Wildman–Crippen LogP) is 8.11. The van der Waals surface area contributed by atoms with Gasteiger partial charge in [-0.1, -0.05) is 103 Å². The van der Waals surface area contributed by atoms with Crippen LogP contribution < -0.4 is 0 Å². The number of hydrogen-bond donors (Lipinski definition) is 1. The lowest BCUT2D eigenvalue weighted by Crippen LogP contribution is -2.57. The maximum Gasteiger partial charge on any atom is 0.316 e. The summed E-state index contributed by atoms with van der Waals surface area (Å²) in [6, 6.07) is 0. The molecule has 46 heavy (non-hydrogen) atoms. The normalized spacial score (nSPS) is 41.1. The summed E-state index contributed by atoms with van der Waals surface area (Å²) in [6.07, 6.45) is 20.2. The van der Waals surface area contributed by atoms with Crippen LogP contribution in [0.5, 0.6) is 0 Å². The molecule has 3 saturated heterocycles. The third-order valence-corrected chi connectivity index (χ3v) is 10.5. The predicted molar refractivity (Wildman–Crippen MR) is 181 cm³/mol. The molecule has 7 nitrogen and oxygen atoms in total. The first-order valence-corrected chi connectivity index (χ1v) is 18.1. The largest absolute Gasteiger partial charge is 0.462 e. The third kappa shape index (κ3) is 8.50. The molecule has 1 aliphatic carbocycles. The first kappa shape index (κ1) is 36.8. The van der Waals surface area contributed by atoms with E-state index < -0.39 is 35.5 Å². The number of unbranched alkanes of at least 4 members (excludes halogenated alkanes) is 4. The quantitative estimate of drug-likeness (QED) is 0.184. The number of rotatable bonds is 5. The maximum atomic E-state index is 13.8. The van der Waals surface area contributed by atoms with E-state index in [2.05, 4.69) is 53.7 Å². The van der Waals surface area contributed by atoms with Crippen LogP contribution in [0.15, 0.2) is 47.1 Å². The van der Waals surface area contributed by atoms with Gasteiger partial charge in [0.15, 0.2) is 17.7 Å². The topological polar surface area (TPSA) is 91.3 Å². The minimum atomic E-state index is -1.78. The molecule has 4 heterocycles. The fourth-order valence-electron chi connectivity index (χ4n) is 7.75. The highest BCUT2D eigenvalue weighted by Gasteiger charge is 2.60. The standard InChI is InChI=1S/C32H44O7.C7H16/c1-6-27-21(4)12-13-31(39-27)17-25-16-24(38-31)11-10-20(3)14-19(2)8-7-9-23-18-36-29-28(33)22(5)15-26(30(34)37-25)32(23,29)35;1-3-5-7-6-4-2/h7-10,15,19,21,24-27,29,35H,6,11-14,16-18H2,1-5H3;3-7H2,1-2H3/b8-7+,20-10+,23-9+;/t19-,21-,24+,25-,26-,27+,29+,31+,32+;/m0./s1. The van der Waals surface area contributed by atoms with E-state index in [0.29, 0.717) is 36.3 Å². The number of carbonyl (C=O) groups excluding carboxylic acids is 2. The van der Waals surface area contributed by atoms with Crippen molar-refractivity contribution in [3.05, 3.63) is 47.1 Å². The van der Waals surface area contributed by atoms with E-state index in [1.54, 1.807) is 19.1 Å². The Hall–Kier alpha value is -2.06. The molecule has 0 radical (unpaired) electrons. The zero-order chi connectivity index (χ0) is 33.5. The minimum absolute atomic E-state index is 0.0857. The van der Waals surface area contributed by atoms with Crippen LogP contribution in [0, 0.1) is 17.8 Å². The summed E-state index contributed by atoms with van der Waals surface area (Å²) in [5.41, 5.74) is 0.421. The van der Waals surface area contributed by atoms with E-state index in [0.717, 1.165) is 25.7 Å². The van der Waals surface area contributed by atoms with Gasteiger partial charge in [0.1, 0.15) is 17.6 Å². The van der Waals surface area contributed by atoms with E-state index >= 15 is 0 Å².